The number of H-pyrrole nitrogens is 1. The first-order valence-electron chi connectivity index (χ1n) is 13.1. The highest BCUT2D eigenvalue weighted by molar-refractivity contribution is 6.04. The molecule has 8 heteroatoms. The molecule has 0 saturated heterocycles. The third-order valence-electron chi connectivity index (χ3n) is 7.96. The molecule has 194 valence electrons. The second kappa shape index (κ2) is 9.52. The van der Waals surface area contributed by atoms with Gasteiger partial charge in [-0.25, -0.2) is 0 Å². The summed E-state index contributed by atoms with van der Waals surface area (Å²) in [7, 11) is 0. The van der Waals surface area contributed by atoms with Gasteiger partial charge in [0.1, 0.15) is 17.8 Å². The average molecular weight is 511 g/mol. The lowest BCUT2D eigenvalue weighted by molar-refractivity contribution is -0.133. The Morgan fingerprint density at radius 1 is 1.11 bits per heavy atom. The lowest BCUT2D eigenvalue weighted by Gasteiger charge is -2.38. The Hall–Kier alpha value is -4.33. The van der Waals surface area contributed by atoms with Crippen LogP contribution in [0.3, 0.4) is 0 Å². The van der Waals surface area contributed by atoms with Crippen molar-refractivity contribution in [3.05, 3.63) is 95.1 Å². The van der Waals surface area contributed by atoms with E-state index in [1.165, 1.54) is 0 Å². The first-order valence-corrected chi connectivity index (χ1v) is 13.1. The van der Waals surface area contributed by atoms with Crippen molar-refractivity contribution in [3.63, 3.8) is 0 Å². The Morgan fingerprint density at radius 3 is 2.68 bits per heavy atom. The first kappa shape index (κ1) is 24.0. The third-order valence-corrected chi connectivity index (χ3v) is 7.96. The number of amides is 3. The fourth-order valence-electron chi connectivity index (χ4n) is 5.79. The van der Waals surface area contributed by atoms with Gasteiger partial charge in [-0.15, -0.1) is 0 Å². The molecule has 4 aromatic rings. The highest BCUT2D eigenvalue weighted by atomic mass is 16.3. The van der Waals surface area contributed by atoms with Gasteiger partial charge in [0.2, 0.25) is 11.8 Å². The standard InChI is InChI=1S/C30H30N4O4/c1-3-17(2)25(29(36)31-16-18-9-8-14-38-18)33-28(35)24-15-22-19-10-6-7-13-23(19)32-26(22)27-20-11-4-5-12-21(20)30(37)34(24)27/h4-14,17,24-25,27,32H,3,15-16H2,1-2H3,(H,31,36)(H,33,35)/t17-,24+,25+,27+/m1/s1. The van der Waals surface area contributed by atoms with Crippen LogP contribution in [0, 0.1) is 5.92 Å². The third kappa shape index (κ3) is 3.88. The molecule has 3 N–H and O–H groups in total. The van der Waals surface area contributed by atoms with E-state index in [2.05, 4.69) is 15.6 Å². The van der Waals surface area contributed by atoms with Gasteiger partial charge in [-0.1, -0.05) is 56.7 Å². The lowest BCUT2D eigenvalue weighted by atomic mass is 9.89. The van der Waals surface area contributed by atoms with Gasteiger partial charge in [0, 0.05) is 28.6 Å². The van der Waals surface area contributed by atoms with Gasteiger partial charge in [0.15, 0.2) is 0 Å². The normalized spacial score (nSPS) is 19.4. The SMILES string of the molecule is CC[C@@H](C)[C@H](NC(=O)[C@@H]1Cc2c([nH]c3ccccc23)[C@@H]2c3ccccc3C(=O)N21)C(=O)NCc1ccco1. The molecule has 8 nitrogen and oxygen atoms in total. The van der Waals surface area contributed by atoms with Crippen LogP contribution >= 0.6 is 0 Å². The van der Waals surface area contributed by atoms with E-state index in [0.717, 1.165) is 27.7 Å². The van der Waals surface area contributed by atoms with Crippen LogP contribution in [-0.4, -0.2) is 39.7 Å². The zero-order valence-electron chi connectivity index (χ0n) is 21.4. The Balaban J connectivity index is 1.34. The van der Waals surface area contributed by atoms with Crippen molar-refractivity contribution >= 4 is 28.6 Å². The Morgan fingerprint density at radius 2 is 1.89 bits per heavy atom. The van der Waals surface area contributed by atoms with Crippen molar-refractivity contribution in [2.45, 2.75) is 51.4 Å². The molecule has 0 bridgehead atoms. The maximum Gasteiger partial charge on any atom is 0.255 e. The van der Waals surface area contributed by atoms with E-state index in [4.69, 9.17) is 4.42 Å². The molecule has 2 aromatic carbocycles. The summed E-state index contributed by atoms with van der Waals surface area (Å²) in [5.74, 6) is -0.247. The number of benzene rings is 2. The molecular formula is C30H30N4O4. The maximum absolute atomic E-state index is 14.0. The van der Waals surface area contributed by atoms with Crippen LogP contribution in [0.15, 0.2) is 71.3 Å². The number of nitrogens with one attached hydrogen (secondary N) is 3. The van der Waals surface area contributed by atoms with Crippen molar-refractivity contribution in [2.24, 2.45) is 5.92 Å². The molecule has 0 aliphatic carbocycles. The highest BCUT2D eigenvalue weighted by Gasteiger charge is 2.49. The summed E-state index contributed by atoms with van der Waals surface area (Å²) >= 11 is 0. The zero-order chi connectivity index (χ0) is 26.4. The van der Waals surface area contributed by atoms with Crippen LogP contribution < -0.4 is 10.6 Å². The van der Waals surface area contributed by atoms with Gasteiger partial charge in [0.05, 0.1) is 18.8 Å². The zero-order valence-corrected chi connectivity index (χ0v) is 21.4. The van der Waals surface area contributed by atoms with Crippen LogP contribution in [0.5, 0.6) is 0 Å². The fourth-order valence-corrected chi connectivity index (χ4v) is 5.79. The van der Waals surface area contributed by atoms with Crippen molar-refractivity contribution in [1.29, 1.82) is 0 Å². The predicted molar refractivity (Wildman–Crippen MR) is 142 cm³/mol. The maximum atomic E-state index is 14.0. The summed E-state index contributed by atoms with van der Waals surface area (Å²) in [6.45, 7) is 4.16. The van der Waals surface area contributed by atoms with Crippen molar-refractivity contribution in [3.8, 4) is 0 Å². The second-order valence-electron chi connectivity index (χ2n) is 10.2. The molecule has 2 aliphatic heterocycles. The summed E-state index contributed by atoms with van der Waals surface area (Å²) in [5.41, 5.74) is 4.45. The number of para-hydroxylation sites is 1. The van der Waals surface area contributed by atoms with Gasteiger partial charge in [-0.2, -0.15) is 0 Å². The minimum Gasteiger partial charge on any atom is -0.467 e. The van der Waals surface area contributed by atoms with Gasteiger partial charge in [-0.3, -0.25) is 14.4 Å². The summed E-state index contributed by atoms with van der Waals surface area (Å²) in [6.07, 6.45) is 2.62. The fraction of sp³-hybridized carbons (Fsp3) is 0.300. The molecule has 0 saturated carbocycles. The predicted octanol–water partition coefficient (Wildman–Crippen LogP) is 4.08. The average Bonchev–Trinajstić information content (AvgIpc) is 3.66. The summed E-state index contributed by atoms with van der Waals surface area (Å²) in [6, 6.07) is 17.2. The van der Waals surface area contributed by atoms with E-state index in [1.54, 1.807) is 23.3 Å². The van der Waals surface area contributed by atoms with Gasteiger partial charge in [-0.05, 0) is 41.3 Å². The van der Waals surface area contributed by atoms with Crippen LogP contribution in [0.1, 0.15) is 59.2 Å². The molecular weight excluding hydrogens is 480 g/mol. The highest BCUT2D eigenvalue weighted by Crippen LogP contribution is 2.46. The number of aromatic amines is 1. The van der Waals surface area contributed by atoms with Crippen LogP contribution in [0.25, 0.3) is 10.9 Å². The minimum absolute atomic E-state index is 0.106. The van der Waals surface area contributed by atoms with E-state index >= 15 is 0 Å². The van der Waals surface area contributed by atoms with Gasteiger partial charge in [0.25, 0.3) is 5.91 Å². The van der Waals surface area contributed by atoms with Gasteiger partial charge >= 0.3 is 0 Å². The van der Waals surface area contributed by atoms with E-state index < -0.39 is 12.1 Å². The number of hydrogen-bond acceptors (Lipinski definition) is 4. The smallest absolute Gasteiger partial charge is 0.255 e. The molecule has 2 aromatic heterocycles. The number of carbonyl (C=O) groups excluding carboxylic acids is 3. The molecule has 2 aliphatic rings. The summed E-state index contributed by atoms with van der Waals surface area (Å²) in [5, 5.41) is 6.94. The molecule has 3 amide bonds. The molecule has 4 atom stereocenters. The quantitative estimate of drug-likeness (QED) is 0.348. The summed E-state index contributed by atoms with van der Waals surface area (Å²) < 4.78 is 5.33. The Kier molecular flexibility index (Phi) is 6.02. The molecule has 38 heavy (non-hydrogen) atoms. The van der Waals surface area contributed by atoms with Crippen LogP contribution in [0.2, 0.25) is 0 Å². The second-order valence-corrected chi connectivity index (χ2v) is 10.2. The molecule has 0 fully saturated rings. The molecule has 0 radical (unpaired) electrons. The molecule has 4 heterocycles. The number of rotatable bonds is 7. The Labute approximate surface area is 220 Å². The van der Waals surface area contributed by atoms with Crippen LogP contribution in [0.4, 0.5) is 0 Å². The van der Waals surface area contributed by atoms with E-state index in [1.807, 2.05) is 62.4 Å². The molecule has 0 unspecified atom stereocenters. The van der Waals surface area contributed by atoms with Crippen molar-refractivity contribution in [2.75, 3.05) is 0 Å². The lowest BCUT2D eigenvalue weighted by Crippen LogP contribution is -2.58. The van der Waals surface area contributed by atoms with Crippen molar-refractivity contribution in [1.82, 2.24) is 20.5 Å². The summed E-state index contributed by atoms with van der Waals surface area (Å²) in [4.78, 5) is 46.0. The first-order chi connectivity index (χ1) is 18.5. The van der Waals surface area contributed by atoms with Crippen molar-refractivity contribution < 1.29 is 18.8 Å². The largest absolute Gasteiger partial charge is 0.467 e. The van der Waals surface area contributed by atoms with Gasteiger partial charge < -0.3 is 24.9 Å². The van der Waals surface area contributed by atoms with E-state index in [0.29, 0.717) is 24.2 Å². The number of nitrogens with zero attached hydrogens (tertiary/aromatic N) is 1. The van der Waals surface area contributed by atoms with E-state index in [9.17, 15) is 14.4 Å². The topological polar surface area (TPSA) is 107 Å². The number of fused-ring (bicyclic) bond motifs is 7. The minimum atomic E-state index is -0.754. The monoisotopic (exact) mass is 510 g/mol. The number of carbonyl (C=O) groups is 3. The number of furan rings is 1. The number of aromatic nitrogens is 1. The van der Waals surface area contributed by atoms with Crippen LogP contribution in [-0.2, 0) is 22.6 Å². The molecule has 6 rings (SSSR count). The number of hydrogen-bond donors (Lipinski definition) is 3. The molecule has 0 spiro atoms. The van der Waals surface area contributed by atoms with E-state index in [-0.39, 0.29) is 36.2 Å². The Bertz CT molecular complexity index is 1520.